The number of rotatable bonds is 2. The lowest BCUT2D eigenvalue weighted by Gasteiger charge is -2.36. The second-order valence-electron chi connectivity index (χ2n) is 6.60. The van der Waals surface area contributed by atoms with Crippen molar-refractivity contribution in [2.45, 2.75) is 58.4 Å². The van der Waals surface area contributed by atoms with Crippen molar-refractivity contribution < 1.29 is 4.79 Å². The summed E-state index contributed by atoms with van der Waals surface area (Å²) < 4.78 is 1.95. The second kappa shape index (κ2) is 5.71. The van der Waals surface area contributed by atoms with Gasteiger partial charge in [0.2, 0.25) is 5.91 Å². The highest BCUT2D eigenvalue weighted by Crippen LogP contribution is 2.40. The van der Waals surface area contributed by atoms with Crippen molar-refractivity contribution in [3.63, 3.8) is 0 Å². The Kier molecular flexibility index (Phi) is 3.90. The van der Waals surface area contributed by atoms with E-state index >= 15 is 0 Å². The fourth-order valence-electron chi connectivity index (χ4n) is 3.88. The van der Waals surface area contributed by atoms with Gasteiger partial charge in [-0.05, 0) is 39.5 Å². The van der Waals surface area contributed by atoms with E-state index in [9.17, 15) is 10.1 Å². The lowest BCUT2D eigenvalue weighted by atomic mass is 9.85. The van der Waals surface area contributed by atoms with Gasteiger partial charge in [-0.1, -0.05) is 12.8 Å². The van der Waals surface area contributed by atoms with Crippen LogP contribution in [0.25, 0.3) is 0 Å². The van der Waals surface area contributed by atoms with E-state index in [2.05, 4.69) is 16.2 Å². The van der Waals surface area contributed by atoms with Gasteiger partial charge in [0.05, 0.1) is 12.1 Å². The zero-order valence-electron chi connectivity index (χ0n) is 13.4. The number of likely N-dealkylation sites (tertiary alicyclic amines) is 1. The number of hydrogen-bond acceptors (Lipinski definition) is 4. The second-order valence-corrected chi connectivity index (χ2v) is 6.60. The molecular weight excluding hydrogens is 278 g/mol. The molecule has 0 radical (unpaired) electrons. The van der Waals surface area contributed by atoms with E-state index in [-0.39, 0.29) is 11.9 Å². The molecule has 1 aromatic heterocycles. The Bertz CT molecular complexity index is 609. The topological polar surface area (TPSA) is 74.8 Å². The van der Waals surface area contributed by atoms with Crippen molar-refractivity contribution in [2.75, 3.05) is 13.1 Å². The van der Waals surface area contributed by atoms with Crippen LogP contribution in [-0.4, -0.2) is 38.7 Å². The van der Waals surface area contributed by atoms with Crippen LogP contribution in [0.2, 0.25) is 0 Å². The molecule has 2 fully saturated rings. The Morgan fingerprint density at radius 3 is 2.64 bits per heavy atom. The maximum absolute atomic E-state index is 12.9. The van der Waals surface area contributed by atoms with Gasteiger partial charge >= 0.3 is 0 Å². The zero-order chi connectivity index (χ0) is 15.7. The fraction of sp³-hybridized carbons (Fsp3) is 0.750. The van der Waals surface area contributed by atoms with E-state index in [1.165, 1.54) is 0 Å². The SMILES string of the molecule is Cc1nc(C)n([C@@H]2CCCN(C(=O)C3(C#N)CCCC3)C2)n1. The van der Waals surface area contributed by atoms with Crippen LogP contribution in [0.15, 0.2) is 0 Å². The van der Waals surface area contributed by atoms with Gasteiger partial charge in [0.15, 0.2) is 0 Å². The Morgan fingerprint density at radius 1 is 1.32 bits per heavy atom. The molecule has 1 amide bonds. The Morgan fingerprint density at radius 2 is 2.05 bits per heavy atom. The van der Waals surface area contributed by atoms with Gasteiger partial charge in [-0.15, -0.1) is 0 Å². The zero-order valence-corrected chi connectivity index (χ0v) is 13.4. The van der Waals surface area contributed by atoms with E-state index in [0.29, 0.717) is 19.4 Å². The monoisotopic (exact) mass is 301 g/mol. The summed E-state index contributed by atoms with van der Waals surface area (Å²) in [5, 5.41) is 14.0. The number of nitrogens with zero attached hydrogens (tertiary/aromatic N) is 5. The highest BCUT2D eigenvalue weighted by Gasteiger charge is 2.45. The molecule has 22 heavy (non-hydrogen) atoms. The Hall–Kier alpha value is -1.90. The van der Waals surface area contributed by atoms with Crippen molar-refractivity contribution in [1.82, 2.24) is 19.7 Å². The average Bonchev–Trinajstić information content (AvgIpc) is 3.14. The highest BCUT2D eigenvalue weighted by molar-refractivity contribution is 5.86. The molecule has 2 heterocycles. The molecule has 6 nitrogen and oxygen atoms in total. The van der Waals surface area contributed by atoms with Crippen LogP contribution in [0.1, 0.15) is 56.2 Å². The van der Waals surface area contributed by atoms with Crippen LogP contribution in [0.5, 0.6) is 0 Å². The summed E-state index contributed by atoms with van der Waals surface area (Å²) in [6.07, 6.45) is 5.36. The summed E-state index contributed by atoms with van der Waals surface area (Å²) in [7, 11) is 0. The third kappa shape index (κ3) is 2.49. The third-order valence-corrected chi connectivity index (χ3v) is 5.02. The smallest absolute Gasteiger partial charge is 0.243 e. The number of amides is 1. The van der Waals surface area contributed by atoms with Crippen molar-refractivity contribution in [1.29, 1.82) is 5.26 Å². The normalized spacial score (nSPS) is 24.2. The Labute approximate surface area is 131 Å². The van der Waals surface area contributed by atoms with E-state index in [1.54, 1.807) is 0 Å². The first-order valence-electron chi connectivity index (χ1n) is 8.16. The summed E-state index contributed by atoms with van der Waals surface area (Å²) in [6.45, 7) is 5.24. The molecule has 0 aromatic carbocycles. The molecule has 0 spiro atoms. The van der Waals surface area contributed by atoms with Gasteiger partial charge in [-0.2, -0.15) is 10.4 Å². The maximum Gasteiger partial charge on any atom is 0.243 e. The molecule has 0 unspecified atom stereocenters. The highest BCUT2D eigenvalue weighted by atomic mass is 16.2. The minimum atomic E-state index is -0.769. The predicted molar refractivity (Wildman–Crippen MR) is 80.9 cm³/mol. The number of carbonyl (C=O) groups excluding carboxylic acids is 1. The summed E-state index contributed by atoms with van der Waals surface area (Å²) >= 11 is 0. The first kappa shape index (κ1) is 15.0. The largest absolute Gasteiger partial charge is 0.339 e. The maximum atomic E-state index is 12.9. The Balaban J connectivity index is 1.77. The van der Waals surface area contributed by atoms with Crippen LogP contribution in [0.4, 0.5) is 0 Å². The molecule has 3 rings (SSSR count). The number of aryl methyl sites for hydroxylation is 2. The molecule has 0 N–H and O–H groups in total. The van der Waals surface area contributed by atoms with Gasteiger partial charge in [-0.25, -0.2) is 9.67 Å². The van der Waals surface area contributed by atoms with Gasteiger partial charge in [-0.3, -0.25) is 4.79 Å². The van der Waals surface area contributed by atoms with Crippen molar-refractivity contribution in [2.24, 2.45) is 5.41 Å². The first-order chi connectivity index (χ1) is 10.6. The van der Waals surface area contributed by atoms with Gasteiger partial charge in [0.1, 0.15) is 17.1 Å². The number of hydrogen-bond donors (Lipinski definition) is 0. The number of carbonyl (C=O) groups is 1. The molecule has 1 atom stereocenters. The van der Waals surface area contributed by atoms with Crippen molar-refractivity contribution >= 4 is 5.91 Å². The quantitative estimate of drug-likeness (QED) is 0.838. The summed E-state index contributed by atoms with van der Waals surface area (Å²) in [6, 6.07) is 2.50. The number of aromatic nitrogens is 3. The molecule has 0 bridgehead atoms. The van der Waals surface area contributed by atoms with Gasteiger partial charge in [0, 0.05) is 13.1 Å². The molecule has 1 saturated carbocycles. The van der Waals surface area contributed by atoms with Crippen molar-refractivity contribution in [3.05, 3.63) is 11.6 Å². The molecule has 1 saturated heterocycles. The van der Waals surface area contributed by atoms with E-state index < -0.39 is 5.41 Å². The van der Waals surface area contributed by atoms with Crippen LogP contribution in [-0.2, 0) is 4.79 Å². The first-order valence-corrected chi connectivity index (χ1v) is 8.16. The summed E-state index contributed by atoms with van der Waals surface area (Å²) in [5.74, 6) is 1.70. The van der Waals surface area contributed by atoms with Crippen LogP contribution in [0.3, 0.4) is 0 Å². The molecule has 1 aliphatic heterocycles. The van der Waals surface area contributed by atoms with Crippen LogP contribution < -0.4 is 0 Å². The molecule has 118 valence electrons. The van der Waals surface area contributed by atoms with E-state index in [4.69, 9.17) is 0 Å². The van der Waals surface area contributed by atoms with Crippen LogP contribution in [0, 0.1) is 30.6 Å². The third-order valence-electron chi connectivity index (χ3n) is 5.02. The average molecular weight is 301 g/mol. The summed E-state index contributed by atoms with van der Waals surface area (Å²) in [4.78, 5) is 19.1. The standard InChI is InChI=1S/C16H23N5O/c1-12-18-13(2)21(19-12)14-6-5-9-20(10-14)15(22)16(11-17)7-3-4-8-16/h14H,3-10H2,1-2H3/t14-/m1/s1. The van der Waals surface area contributed by atoms with Crippen LogP contribution >= 0.6 is 0 Å². The lowest BCUT2D eigenvalue weighted by Crippen LogP contribution is -2.47. The number of nitriles is 1. The minimum Gasteiger partial charge on any atom is -0.339 e. The summed E-state index contributed by atoms with van der Waals surface area (Å²) in [5.41, 5.74) is -0.769. The van der Waals surface area contributed by atoms with Gasteiger partial charge < -0.3 is 4.90 Å². The van der Waals surface area contributed by atoms with Crippen molar-refractivity contribution in [3.8, 4) is 6.07 Å². The van der Waals surface area contributed by atoms with E-state index in [1.807, 2.05) is 23.4 Å². The molecule has 1 aromatic rings. The molecule has 1 aliphatic carbocycles. The predicted octanol–water partition coefficient (Wildman–Crippen LogP) is 2.14. The number of piperidine rings is 1. The van der Waals surface area contributed by atoms with E-state index in [0.717, 1.165) is 43.9 Å². The van der Waals surface area contributed by atoms with Gasteiger partial charge in [0.25, 0.3) is 0 Å². The minimum absolute atomic E-state index is 0.0340. The lowest BCUT2D eigenvalue weighted by molar-refractivity contribution is -0.140. The molecular formula is C16H23N5O. The fourth-order valence-corrected chi connectivity index (χ4v) is 3.88. The molecule has 6 heteroatoms. The molecule has 2 aliphatic rings.